The maximum atomic E-state index is 11.3. The second-order valence-electron chi connectivity index (χ2n) is 5.52. The van der Waals surface area contributed by atoms with E-state index in [1.165, 1.54) is 13.3 Å². The van der Waals surface area contributed by atoms with Crippen LogP contribution in [0.3, 0.4) is 0 Å². The molecule has 0 fully saturated rings. The summed E-state index contributed by atoms with van der Waals surface area (Å²) in [6, 6.07) is 11.1. The van der Waals surface area contributed by atoms with Crippen molar-refractivity contribution in [3.05, 3.63) is 36.2 Å². The van der Waals surface area contributed by atoms with Gasteiger partial charge in [0.2, 0.25) is 0 Å². The first-order valence-electron chi connectivity index (χ1n) is 8.04. The summed E-state index contributed by atoms with van der Waals surface area (Å²) in [7, 11) is 0. The lowest BCUT2D eigenvalue weighted by Gasteiger charge is -2.23. The Morgan fingerprint density at radius 1 is 1.15 bits per heavy atom. The van der Waals surface area contributed by atoms with Crippen LogP contribution in [0.2, 0.25) is 0 Å². The molecule has 0 saturated carbocycles. The number of anilines is 4. The third-order valence-corrected chi connectivity index (χ3v) is 3.70. The van der Waals surface area contributed by atoms with Gasteiger partial charge < -0.3 is 16.0 Å². The first-order chi connectivity index (χ1) is 12.6. The summed E-state index contributed by atoms with van der Waals surface area (Å²) in [6.07, 6.45) is 1.97. The number of nitrogens with two attached hydrogens (primary N) is 1. The Hall–Kier alpha value is -3.65. The molecule has 0 saturated heterocycles. The van der Waals surface area contributed by atoms with E-state index in [9.17, 15) is 4.79 Å². The van der Waals surface area contributed by atoms with Crippen LogP contribution >= 0.6 is 0 Å². The quantitative estimate of drug-likeness (QED) is 0.695. The molecular weight excluding hydrogens is 330 g/mol. The predicted molar refractivity (Wildman–Crippen MR) is 98.8 cm³/mol. The standard InChI is InChI=1S/C18H19N7O/c1-13(26)14-4-6-15(7-5-14)24-17-16(21)18(23-12-22-17)25(10-2-8-19)11-3-9-20/h4-7,12H,2-3,10-11,21H2,1H3,(H,22,23,24). The van der Waals surface area contributed by atoms with E-state index in [2.05, 4.69) is 27.4 Å². The number of nitriles is 2. The van der Waals surface area contributed by atoms with Gasteiger partial charge in [-0.05, 0) is 31.2 Å². The van der Waals surface area contributed by atoms with Gasteiger partial charge in [-0.15, -0.1) is 0 Å². The second-order valence-corrected chi connectivity index (χ2v) is 5.52. The third-order valence-electron chi connectivity index (χ3n) is 3.70. The van der Waals surface area contributed by atoms with Gasteiger partial charge in [0.15, 0.2) is 17.4 Å². The molecule has 1 aromatic carbocycles. The van der Waals surface area contributed by atoms with Crippen molar-refractivity contribution in [2.75, 3.05) is 29.0 Å². The van der Waals surface area contributed by atoms with Gasteiger partial charge in [-0.1, -0.05) is 0 Å². The minimum absolute atomic E-state index is 0.00832. The van der Waals surface area contributed by atoms with E-state index < -0.39 is 0 Å². The number of Topliss-reactive ketones (excluding diaryl/α,β-unsaturated/α-hetero) is 1. The van der Waals surface area contributed by atoms with Crippen molar-refractivity contribution in [1.82, 2.24) is 9.97 Å². The van der Waals surface area contributed by atoms with Gasteiger partial charge in [0.1, 0.15) is 12.0 Å². The number of nitrogens with one attached hydrogen (secondary N) is 1. The molecule has 0 amide bonds. The zero-order valence-electron chi connectivity index (χ0n) is 14.4. The zero-order valence-corrected chi connectivity index (χ0v) is 14.4. The first kappa shape index (κ1) is 18.7. The monoisotopic (exact) mass is 349 g/mol. The molecule has 3 N–H and O–H groups in total. The van der Waals surface area contributed by atoms with E-state index >= 15 is 0 Å². The highest BCUT2D eigenvalue weighted by Gasteiger charge is 2.15. The van der Waals surface area contributed by atoms with Crippen molar-refractivity contribution >= 4 is 28.8 Å². The zero-order chi connectivity index (χ0) is 18.9. The molecule has 0 aliphatic heterocycles. The van der Waals surface area contributed by atoms with Crippen LogP contribution in [0.25, 0.3) is 0 Å². The molecular formula is C18H19N7O. The molecule has 0 bridgehead atoms. The van der Waals surface area contributed by atoms with E-state index in [1.807, 2.05) is 0 Å². The predicted octanol–water partition coefficient (Wildman–Crippen LogP) is 2.64. The van der Waals surface area contributed by atoms with Crippen LogP contribution in [-0.4, -0.2) is 28.8 Å². The van der Waals surface area contributed by atoms with Gasteiger partial charge in [-0.25, -0.2) is 9.97 Å². The first-order valence-corrected chi connectivity index (χ1v) is 8.04. The van der Waals surface area contributed by atoms with Crippen LogP contribution in [-0.2, 0) is 0 Å². The Labute approximate surface area is 151 Å². The van der Waals surface area contributed by atoms with Crippen LogP contribution in [0, 0.1) is 22.7 Å². The number of nitrogens with zero attached hydrogens (tertiary/aromatic N) is 5. The lowest BCUT2D eigenvalue weighted by atomic mass is 10.1. The maximum Gasteiger partial charge on any atom is 0.159 e. The number of carbonyl (C=O) groups is 1. The summed E-state index contributed by atoms with van der Waals surface area (Å²) in [6.45, 7) is 2.35. The molecule has 0 aliphatic rings. The number of ketones is 1. The number of hydrogen-bond donors (Lipinski definition) is 2. The number of carbonyl (C=O) groups excluding carboxylic acids is 1. The molecule has 0 atom stereocenters. The number of benzene rings is 1. The Bertz CT molecular complexity index is 831. The van der Waals surface area contributed by atoms with Crippen LogP contribution in [0.4, 0.5) is 23.0 Å². The Balaban J connectivity index is 2.25. The van der Waals surface area contributed by atoms with E-state index in [-0.39, 0.29) is 5.78 Å². The van der Waals surface area contributed by atoms with Crippen LogP contribution in [0.1, 0.15) is 30.1 Å². The highest BCUT2D eigenvalue weighted by Crippen LogP contribution is 2.28. The van der Waals surface area contributed by atoms with Gasteiger partial charge in [0.05, 0.1) is 25.0 Å². The van der Waals surface area contributed by atoms with Crippen molar-refractivity contribution in [2.24, 2.45) is 0 Å². The highest BCUT2D eigenvalue weighted by atomic mass is 16.1. The lowest BCUT2D eigenvalue weighted by Crippen LogP contribution is -2.27. The Morgan fingerprint density at radius 3 is 2.31 bits per heavy atom. The molecule has 26 heavy (non-hydrogen) atoms. The molecule has 0 spiro atoms. The molecule has 2 rings (SSSR count). The summed E-state index contributed by atoms with van der Waals surface area (Å²) in [4.78, 5) is 21.5. The average Bonchev–Trinajstić information content (AvgIpc) is 2.64. The topological polar surface area (TPSA) is 132 Å². The molecule has 2 aromatic rings. The van der Waals surface area contributed by atoms with Crippen molar-refractivity contribution in [1.29, 1.82) is 10.5 Å². The summed E-state index contributed by atoms with van der Waals surface area (Å²) >= 11 is 0. The van der Waals surface area contributed by atoms with Gasteiger partial charge in [-0.2, -0.15) is 10.5 Å². The molecule has 0 radical (unpaired) electrons. The number of aromatic nitrogens is 2. The SMILES string of the molecule is CC(=O)c1ccc(Nc2ncnc(N(CCC#N)CCC#N)c2N)cc1. The molecule has 0 unspecified atom stereocenters. The van der Waals surface area contributed by atoms with Gasteiger partial charge in [0, 0.05) is 24.3 Å². The van der Waals surface area contributed by atoms with E-state index in [1.54, 1.807) is 29.2 Å². The van der Waals surface area contributed by atoms with Crippen LogP contribution < -0.4 is 16.0 Å². The normalized spacial score (nSPS) is 9.81. The molecule has 0 aliphatic carbocycles. The van der Waals surface area contributed by atoms with Crippen molar-refractivity contribution in [2.45, 2.75) is 19.8 Å². The number of rotatable bonds is 8. The lowest BCUT2D eigenvalue weighted by molar-refractivity contribution is 0.101. The fourth-order valence-electron chi connectivity index (χ4n) is 2.36. The number of nitrogen functional groups attached to an aromatic ring is 1. The molecule has 132 valence electrons. The average molecular weight is 349 g/mol. The van der Waals surface area contributed by atoms with Crippen molar-refractivity contribution in [3.63, 3.8) is 0 Å². The maximum absolute atomic E-state index is 11.3. The smallest absolute Gasteiger partial charge is 0.159 e. The molecule has 1 heterocycles. The summed E-state index contributed by atoms with van der Waals surface area (Å²) in [5.41, 5.74) is 7.88. The minimum atomic E-state index is -0.00832. The summed E-state index contributed by atoms with van der Waals surface area (Å²) in [5, 5.41) is 20.8. The molecule has 1 aromatic heterocycles. The van der Waals surface area contributed by atoms with Crippen LogP contribution in [0.15, 0.2) is 30.6 Å². The fourth-order valence-corrected chi connectivity index (χ4v) is 2.36. The van der Waals surface area contributed by atoms with E-state index in [0.717, 1.165) is 5.69 Å². The van der Waals surface area contributed by atoms with Crippen molar-refractivity contribution in [3.8, 4) is 12.1 Å². The minimum Gasteiger partial charge on any atom is -0.393 e. The van der Waals surface area contributed by atoms with Crippen LogP contribution in [0.5, 0.6) is 0 Å². The van der Waals surface area contributed by atoms with E-state index in [4.69, 9.17) is 16.3 Å². The van der Waals surface area contributed by atoms with Gasteiger partial charge >= 0.3 is 0 Å². The fraction of sp³-hybridized carbons (Fsp3) is 0.278. The van der Waals surface area contributed by atoms with Gasteiger partial charge in [-0.3, -0.25) is 4.79 Å². The summed E-state index contributed by atoms with van der Waals surface area (Å²) in [5.74, 6) is 0.892. The Kier molecular flexibility index (Phi) is 6.47. The second kappa shape index (κ2) is 9.00. The molecule has 8 nitrogen and oxygen atoms in total. The van der Waals surface area contributed by atoms with E-state index in [0.29, 0.717) is 48.8 Å². The number of hydrogen-bond acceptors (Lipinski definition) is 8. The third kappa shape index (κ3) is 4.68. The van der Waals surface area contributed by atoms with Gasteiger partial charge in [0.25, 0.3) is 0 Å². The highest BCUT2D eigenvalue weighted by molar-refractivity contribution is 5.94. The largest absolute Gasteiger partial charge is 0.393 e. The summed E-state index contributed by atoms with van der Waals surface area (Å²) < 4.78 is 0. The molecule has 8 heteroatoms. The Morgan fingerprint density at radius 2 is 1.77 bits per heavy atom. The van der Waals surface area contributed by atoms with Crippen molar-refractivity contribution < 1.29 is 4.79 Å².